The van der Waals surface area contributed by atoms with E-state index in [0.717, 1.165) is 24.4 Å². The summed E-state index contributed by atoms with van der Waals surface area (Å²) >= 11 is 0. The first-order valence-corrected chi connectivity index (χ1v) is 12.9. The van der Waals surface area contributed by atoms with Crippen molar-refractivity contribution < 1.29 is 0 Å². The van der Waals surface area contributed by atoms with Gasteiger partial charge in [-0.15, -0.1) is 0 Å². The summed E-state index contributed by atoms with van der Waals surface area (Å²) in [5.74, 6) is 0.390. The smallest absolute Gasteiger partial charge is 0.0583 e. The van der Waals surface area contributed by atoms with Crippen LogP contribution in [0.2, 0.25) is 0 Å². The van der Waals surface area contributed by atoms with Crippen LogP contribution in [-0.4, -0.2) is 22.9 Å². The van der Waals surface area contributed by atoms with Crippen LogP contribution in [-0.2, 0) is 5.54 Å². The van der Waals surface area contributed by atoms with Crippen LogP contribution in [0.4, 0.5) is 0 Å². The number of aryl methyl sites for hydroxylation is 1. The molecule has 1 aliphatic rings. The molecule has 0 spiro atoms. The minimum absolute atomic E-state index is 0.0427. The highest BCUT2D eigenvalue weighted by molar-refractivity contribution is 5.60. The lowest BCUT2D eigenvalue weighted by Crippen LogP contribution is -2.39. The van der Waals surface area contributed by atoms with Gasteiger partial charge in [-0.1, -0.05) is 67.6 Å². The minimum Gasteiger partial charge on any atom is -0.378 e. The minimum atomic E-state index is -0.0427. The van der Waals surface area contributed by atoms with E-state index < -0.39 is 0 Å². The van der Waals surface area contributed by atoms with Crippen LogP contribution in [0.1, 0.15) is 87.2 Å². The Morgan fingerprint density at radius 2 is 1.54 bits per heavy atom. The fraction of sp³-hybridized carbons (Fsp3) is 0.452. The summed E-state index contributed by atoms with van der Waals surface area (Å²) < 4.78 is 1.99. The van der Waals surface area contributed by atoms with Crippen LogP contribution in [0.15, 0.2) is 67.5 Å². The summed E-state index contributed by atoms with van der Waals surface area (Å²) in [6, 6.07) is 18.6. The predicted molar refractivity (Wildman–Crippen MR) is 147 cm³/mol. The number of hydrogen-bond donors (Lipinski definition) is 2. The van der Waals surface area contributed by atoms with Gasteiger partial charge in [-0.05, 0) is 82.7 Å². The van der Waals surface area contributed by atoms with Crippen LogP contribution < -0.4 is 10.6 Å². The first kappa shape index (κ1) is 25.2. The number of benzene rings is 2. The molecule has 2 aromatic carbocycles. The second-order valence-electron chi connectivity index (χ2n) is 11.6. The quantitative estimate of drug-likeness (QED) is 0.399. The molecule has 186 valence electrons. The molecule has 2 N–H and O–H groups in total. The van der Waals surface area contributed by atoms with E-state index in [0.29, 0.717) is 5.92 Å². The molecule has 2 atom stereocenters. The van der Waals surface area contributed by atoms with Gasteiger partial charge in [-0.25, -0.2) is 0 Å². The predicted octanol–water partition coefficient (Wildman–Crippen LogP) is 6.79. The Bertz CT molecular complexity index is 1130. The second kappa shape index (κ2) is 10.0. The van der Waals surface area contributed by atoms with Gasteiger partial charge in [-0.3, -0.25) is 4.68 Å². The highest BCUT2D eigenvalue weighted by Gasteiger charge is 2.37. The Morgan fingerprint density at radius 3 is 2.09 bits per heavy atom. The van der Waals surface area contributed by atoms with Crippen molar-refractivity contribution in [3.63, 3.8) is 0 Å². The fourth-order valence-corrected chi connectivity index (χ4v) is 5.29. The van der Waals surface area contributed by atoms with E-state index >= 15 is 0 Å². The maximum Gasteiger partial charge on any atom is 0.0583 e. The number of nitrogens with zero attached hydrogens (tertiary/aromatic N) is 2. The third kappa shape index (κ3) is 5.70. The molecule has 4 heteroatoms. The lowest BCUT2D eigenvalue weighted by Gasteiger charge is -2.42. The zero-order chi connectivity index (χ0) is 25.2. The zero-order valence-corrected chi connectivity index (χ0v) is 22.4. The van der Waals surface area contributed by atoms with E-state index in [9.17, 15) is 0 Å². The average Bonchev–Trinajstić information content (AvgIpc) is 3.33. The van der Waals surface area contributed by atoms with Gasteiger partial charge in [0.15, 0.2) is 0 Å². The Hall–Kier alpha value is -2.85. The Labute approximate surface area is 211 Å². The van der Waals surface area contributed by atoms with Crippen LogP contribution in [0, 0.1) is 12.3 Å². The van der Waals surface area contributed by atoms with Crippen molar-refractivity contribution in [2.24, 2.45) is 5.41 Å². The van der Waals surface area contributed by atoms with Crippen molar-refractivity contribution in [2.45, 2.75) is 71.9 Å². The summed E-state index contributed by atoms with van der Waals surface area (Å²) in [6.45, 7) is 19.7. The molecule has 1 unspecified atom stereocenters. The van der Waals surface area contributed by atoms with E-state index in [1.54, 1.807) is 0 Å². The molecule has 35 heavy (non-hydrogen) atoms. The Morgan fingerprint density at radius 1 is 1.00 bits per heavy atom. The number of rotatable bonds is 7. The van der Waals surface area contributed by atoms with Gasteiger partial charge in [0, 0.05) is 29.4 Å². The van der Waals surface area contributed by atoms with E-state index in [4.69, 9.17) is 0 Å². The third-order valence-corrected chi connectivity index (χ3v) is 7.63. The molecule has 0 aliphatic carbocycles. The first-order chi connectivity index (χ1) is 16.6. The lowest BCUT2D eigenvalue weighted by atomic mass is 9.65. The van der Waals surface area contributed by atoms with E-state index in [2.05, 4.69) is 119 Å². The van der Waals surface area contributed by atoms with Gasteiger partial charge >= 0.3 is 0 Å². The molecule has 4 nitrogen and oxygen atoms in total. The highest BCUT2D eigenvalue weighted by atomic mass is 15.3. The zero-order valence-electron chi connectivity index (χ0n) is 22.4. The van der Waals surface area contributed by atoms with E-state index in [1.165, 1.54) is 35.1 Å². The molecule has 1 aliphatic heterocycles. The SMILES string of the molecule is C=C(N[C@H](C)c1ccc(C(c2ccc(C)cc2)C2(C)CCNCC2)cc1)c1cnn(C(C)(C)C)c1. The average molecular weight is 471 g/mol. The number of piperidine rings is 1. The molecule has 0 saturated carbocycles. The molecule has 2 heterocycles. The van der Waals surface area contributed by atoms with Crippen molar-refractivity contribution in [2.75, 3.05) is 13.1 Å². The molecule has 0 radical (unpaired) electrons. The van der Waals surface area contributed by atoms with Gasteiger partial charge < -0.3 is 10.6 Å². The van der Waals surface area contributed by atoms with Gasteiger partial charge in [0.2, 0.25) is 0 Å². The molecule has 3 aromatic rings. The van der Waals surface area contributed by atoms with Crippen molar-refractivity contribution in [3.05, 3.63) is 95.3 Å². The fourth-order valence-electron chi connectivity index (χ4n) is 5.29. The molecule has 4 rings (SSSR count). The molecular weight excluding hydrogens is 428 g/mol. The Balaban J connectivity index is 1.54. The second-order valence-corrected chi connectivity index (χ2v) is 11.6. The van der Waals surface area contributed by atoms with Crippen molar-refractivity contribution in [3.8, 4) is 0 Å². The van der Waals surface area contributed by atoms with Crippen molar-refractivity contribution in [1.82, 2.24) is 20.4 Å². The van der Waals surface area contributed by atoms with Gasteiger partial charge in [0.1, 0.15) is 0 Å². The third-order valence-electron chi connectivity index (χ3n) is 7.63. The highest BCUT2D eigenvalue weighted by Crippen LogP contribution is 2.47. The molecule has 1 aromatic heterocycles. The summed E-state index contributed by atoms with van der Waals surface area (Å²) in [5, 5.41) is 11.6. The van der Waals surface area contributed by atoms with Crippen molar-refractivity contribution >= 4 is 5.70 Å². The molecule has 0 amide bonds. The van der Waals surface area contributed by atoms with Gasteiger partial charge in [-0.2, -0.15) is 5.10 Å². The maximum atomic E-state index is 4.52. The summed E-state index contributed by atoms with van der Waals surface area (Å²) in [4.78, 5) is 0. The van der Waals surface area contributed by atoms with Crippen LogP contribution >= 0.6 is 0 Å². The van der Waals surface area contributed by atoms with Crippen LogP contribution in [0.25, 0.3) is 5.70 Å². The van der Waals surface area contributed by atoms with E-state index in [-0.39, 0.29) is 17.0 Å². The standard InChI is InChI=1S/C31H42N4/c1-22-8-10-26(11-9-22)29(31(7)16-18-32-19-17-31)27-14-12-25(13-15-27)23(2)34-24(3)28-20-33-35(21-28)30(4,5)6/h8-15,20-21,23,29,32,34H,3,16-19H2,1-2,4-7H3/t23-,29?/m1/s1. The number of nitrogens with one attached hydrogen (secondary N) is 2. The number of aromatic nitrogens is 2. The molecule has 0 bridgehead atoms. The largest absolute Gasteiger partial charge is 0.378 e. The summed E-state index contributed by atoms with van der Waals surface area (Å²) in [6.07, 6.45) is 6.33. The van der Waals surface area contributed by atoms with Gasteiger partial charge in [0.25, 0.3) is 0 Å². The number of hydrogen-bond acceptors (Lipinski definition) is 3. The normalized spacial score (nSPS) is 17.5. The summed E-state index contributed by atoms with van der Waals surface area (Å²) in [5.41, 5.74) is 7.52. The maximum absolute atomic E-state index is 4.52. The topological polar surface area (TPSA) is 41.9 Å². The van der Waals surface area contributed by atoms with Gasteiger partial charge in [0.05, 0.1) is 11.7 Å². The van der Waals surface area contributed by atoms with Crippen molar-refractivity contribution in [1.29, 1.82) is 0 Å². The van der Waals surface area contributed by atoms with Crippen LogP contribution in [0.3, 0.4) is 0 Å². The van der Waals surface area contributed by atoms with Crippen LogP contribution in [0.5, 0.6) is 0 Å². The molecule has 1 saturated heterocycles. The van der Waals surface area contributed by atoms with E-state index in [1.807, 2.05) is 10.9 Å². The molecule has 1 fully saturated rings. The monoisotopic (exact) mass is 470 g/mol. The lowest BCUT2D eigenvalue weighted by molar-refractivity contribution is 0.199. The summed E-state index contributed by atoms with van der Waals surface area (Å²) in [7, 11) is 0. The Kier molecular flexibility index (Phi) is 7.23. The molecular formula is C31H42N4. The first-order valence-electron chi connectivity index (χ1n) is 12.9.